The first-order chi connectivity index (χ1) is 6.47. The summed E-state index contributed by atoms with van der Waals surface area (Å²) in [6.07, 6.45) is 4.06. The Balaban J connectivity index is 1.82. The van der Waals surface area contributed by atoms with E-state index in [9.17, 15) is 0 Å². The van der Waals surface area contributed by atoms with E-state index in [1.54, 1.807) is 0 Å². The monoisotopic (exact) mass is 182 g/mol. The molecule has 2 heterocycles. The van der Waals surface area contributed by atoms with Gasteiger partial charge < -0.3 is 5.32 Å². The molecule has 0 aromatic carbocycles. The summed E-state index contributed by atoms with van der Waals surface area (Å²) < 4.78 is 0. The van der Waals surface area contributed by atoms with Crippen LogP contribution in [-0.4, -0.2) is 50.2 Å². The third-order valence-electron chi connectivity index (χ3n) is 3.15. The van der Waals surface area contributed by atoms with Crippen LogP contribution < -0.4 is 10.6 Å². The Kier molecular flexibility index (Phi) is 3.58. The lowest BCUT2D eigenvalue weighted by molar-refractivity contribution is 0.159. The van der Waals surface area contributed by atoms with Gasteiger partial charge in [0.1, 0.15) is 0 Å². The van der Waals surface area contributed by atoms with Crippen molar-refractivity contribution in [2.75, 3.05) is 39.3 Å². The minimum atomic E-state index is 0.838. The highest BCUT2D eigenvalue weighted by atomic mass is 15.2. The summed E-state index contributed by atoms with van der Waals surface area (Å²) in [5.74, 6) is 0. The molecular weight excluding hydrogens is 162 g/mol. The maximum atomic E-state index is 4.39. The van der Waals surface area contributed by atoms with Crippen LogP contribution >= 0.6 is 0 Å². The Morgan fingerprint density at radius 1 is 1.08 bits per heavy atom. The van der Waals surface area contributed by atoms with Gasteiger partial charge in [0, 0.05) is 32.2 Å². The maximum Gasteiger partial charge on any atom is 0.0261 e. The van der Waals surface area contributed by atoms with Gasteiger partial charge in [-0.15, -0.1) is 0 Å². The minimum Gasteiger partial charge on any atom is -0.317 e. The van der Waals surface area contributed by atoms with Crippen molar-refractivity contribution in [3.8, 4) is 0 Å². The first-order valence-electron chi connectivity index (χ1n) is 5.55. The Morgan fingerprint density at radius 3 is 2.77 bits per heavy atom. The van der Waals surface area contributed by atoms with E-state index in [2.05, 4.69) is 15.5 Å². The molecule has 2 rings (SSSR count). The molecule has 13 heavy (non-hydrogen) atoms. The number of hydrogen-bond donors (Lipinski definition) is 1. The van der Waals surface area contributed by atoms with Crippen molar-refractivity contribution in [2.45, 2.75) is 25.3 Å². The lowest BCUT2D eigenvalue weighted by Gasteiger charge is -2.33. The van der Waals surface area contributed by atoms with Gasteiger partial charge in [-0.3, -0.25) is 4.90 Å². The summed E-state index contributed by atoms with van der Waals surface area (Å²) >= 11 is 0. The van der Waals surface area contributed by atoms with E-state index < -0.39 is 0 Å². The third-order valence-corrected chi connectivity index (χ3v) is 3.15. The predicted molar refractivity (Wildman–Crippen MR) is 53.9 cm³/mol. The standard InChI is InChI=1S/C10H20N3/c1-2-10(3-5-11-4-1)13-8-6-12-7-9-13/h10-11H,1-9H2. The Morgan fingerprint density at radius 2 is 1.92 bits per heavy atom. The highest BCUT2D eigenvalue weighted by Gasteiger charge is 2.21. The van der Waals surface area contributed by atoms with Crippen LogP contribution in [0.4, 0.5) is 0 Å². The fourth-order valence-corrected chi connectivity index (χ4v) is 2.35. The highest BCUT2D eigenvalue weighted by molar-refractivity contribution is 4.79. The molecule has 3 heteroatoms. The van der Waals surface area contributed by atoms with Crippen molar-refractivity contribution in [3.63, 3.8) is 0 Å². The number of rotatable bonds is 1. The summed E-state index contributed by atoms with van der Waals surface area (Å²) in [6.45, 7) is 6.94. The molecule has 0 saturated carbocycles. The molecule has 1 N–H and O–H groups in total. The first-order valence-corrected chi connectivity index (χ1v) is 5.55. The lowest BCUT2D eigenvalue weighted by atomic mass is 10.1. The van der Waals surface area contributed by atoms with Gasteiger partial charge in [-0.1, -0.05) is 0 Å². The number of piperazine rings is 1. The average molecular weight is 182 g/mol. The van der Waals surface area contributed by atoms with Gasteiger partial charge in [-0.2, -0.15) is 0 Å². The molecule has 0 aliphatic carbocycles. The third kappa shape index (κ3) is 2.66. The van der Waals surface area contributed by atoms with Crippen molar-refractivity contribution < 1.29 is 0 Å². The average Bonchev–Trinajstić information content (AvgIpc) is 2.47. The van der Waals surface area contributed by atoms with Crippen LogP contribution in [0.1, 0.15) is 19.3 Å². The van der Waals surface area contributed by atoms with Gasteiger partial charge >= 0.3 is 0 Å². The zero-order valence-electron chi connectivity index (χ0n) is 8.34. The van der Waals surface area contributed by atoms with E-state index >= 15 is 0 Å². The molecule has 0 aromatic heterocycles. The SMILES string of the molecule is C1CNCCC(N2CC[N]CC2)C1. The van der Waals surface area contributed by atoms with Crippen LogP contribution in [0, 0.1) is 0 Å². The van der Waals surface area contributed by atoms with Crippen molar-refractivity contribution in [1.82, 2.24) is 15.5 Å². The zero-order chi connectivity index (χ0) is 8.93. The van der Waals surface area contributed by atoms with E-state index in [0.29, 0.717) is 0 Å². The van der Waals surface area contributed by atoms with Crippen molar-refractivity contribution in [2.24, 2.45) is 0 Å². The number of hydrogen-bond acceptors (Lipinski definition) is 2. The van der Waals surface area contributed by atoms with Gasteiger partial charge in [-0.25, -0.2) is 5.32 Å². The molecule has 1 atom stereocenters. The smallest absolute Gasteiger partial charge is 0.0261 e. The second-order valence-electron chi connectivity index (χ2n) is 4.04. The summed E-state index contributed by atoms with van der Waals surface area (Å²) in [5, 5.41) is 7.85. The zero-order valence-corrected chi connectivity index (χ0v) is 8.34. The van der Waals surface area contributed by atoms with Gasteiger partial charge in [0.15, 0.2) is 0 Å². The van der Waals surface area contributed by atoms with Crippen LogP contribution in [0.25, 0.3) is 0 Å². The molecule has 75 valence electrons. The maximum absolute atomic E-state index is 4.39. The van der Waals surface area contributed by atoms with Crippen molar-refractivity contribution in [1.29, 1.82) is 0 Å². The predicted octanol–water partition coefficient (Wildman–Crippen LogP) is 0.0485. The van der Waals surface area contributed by atoms with Crippen LogP contribution in [-0.2, 0) is 0 Å². The summed E-state index contributed by atoms with van der Waals surface area (Å²) in [4.78, 5) is 2.64. The Hall–Kier alpha value is -0.120. The number of nitrogens with zero attached hydrogens (tertiary/aromatic N) is 2. The number of nitrogens with one attached hydrogen (secondary N) is 1. The molecule has 0 bridgehead atoms. The first kappa shape index (κ1) is 9.44. The topological polar surface area (TPSA) is 29.4 Å². The second kappa shape index (κ2) is 4.94. The Labute approximate surface area is 80.9 Å². The fourth-order valence-electron chi connectivity index (χ4n) is 2.35. The van der Waals surface area contributed by atoms with Crippen molar-refractivity contribution in [3.05, 3.63) is 0 Å². The molecule has 2 aliphatic rings. The van der Waals surface area contributed by atoms with E-state index in [1.165, 1.54) is 45.4 Å². The normalized spacial score (nSPS) is 32.8. The molecule has 1 unspecified atom stereocenters. The van der Waals surface area contributed by atoms with Crippen LogP contribution in [0.3, 0.4) is 0 Å². The van der Waals surface area contributed by atoms with E-state index in [-0.39, 0.29) is 0 Å². The molecule has 2 saturated heterocycles. The molecule has 3 nitrogen and oxygen atoms in total. The Bertz CT molecular complexity index is 135. The van der Waals surface area contributed by atoms with Gasteiger partial charge in [0.2, 0.25) is 0 Å². The van der Waals surface area contributed by atoms with E-state index in [1.807, 2.05) is 0 Å². The minimum absolute atomic E-state index is 0.838. The van der Waals surface area contributed by atoms with Gasteiger partial charge in [0.05, 0.1) is 0 Å². The van der Waals surface area contributed by atoms with E-state index in [4.69, 9.17) is 0 Å². The van der Waals surface area contributed by atoms with E-state index in [0.717, 1.165) is 19.1 Å². The van der Waals surface area contributed by atoms with Crippen molar-refractivity contribution >= 4 is 0 Å². The fraction of sp³-hybridized carbons (Fsp3) is 1.00. The van der Waals surface area contributed by atoms with Crippen LogP contribution in [0.5, 0.6) is 0 Å². The second-order valence-corrected chi connectivity index (χ2v) is 4.04. The van der Waals surface area contributed by atoms with Gasteiger partial charge in [0.25, 0.3) is 0 Å². The van der Waals surface area contributed by atoms with Crippen LogP contribution in [0.2, 0.25) is 0 Å². The molecular formula is C10H20N3. The summed E-state index contributed by atoms with van der Waals surface area (Å²) in [7, 11) is 0. The summed E-state index contributed by atoms with van der Waals surface area (Å²) in [5.41, 5.74) is 0. The highest BCUT2D eigenvalue weighted by Crippen LogP contribution is 2.13. The molecule has 0 aromatic rings. The molecule has 2 fully saturated rings. The molecule has 0 spiro atoms. The molecule has 1 radical (unpaired) electrons. The lowest BCUT2D eigenvalue weighted by Crippen LogP contribution is -2.46. The molecule has 2 aliphatic heterocycles. The van der Waals surface area contributed by atoms with Crippen LogP contribution in [0.15, 0.2) is 0 Å². The van der Waals surface area contributed by atoms with Gasteiger partial charge in [-0.05, 0) is 32.4 Å². The summed E-state index contributed by atoms with van der Waals surface area (Å²) in [6, 6.07) is 0.838. The molecule has 0 amide bonds. The quantitative estimate of drug-likeness (QED) is 0.621. The largest absolute Gasteiger partial charge is 0.317 e.